The minimum atomic E-state index is -1.48. The fourth-order valence-electron chi connectivity index (χ4n) is 9.41. The van der Waals surface area contributed by atoms with Crippen molar-refractivity contribution in [2.24, 2.45) is 41.4 Å². The Bertz CT molecular complexity index is 1730. The van der Waals surface area contributed by atoms with Gasteiger partial charge in [-0.05, 0) is 76.7 Å². The van der Waals surface area contributed by atoms with Crippen molar-refractivity contribution in [2.45, 2.75) is 231 Å². The lowest BCUT2D eigenvalue weighted by Crippen LogP contribution is -2.41. The maximum Gasteiger partial charge on any atom is 0.333 e. The van der Waals surface area contributed by atoms with Gasteiger partial charge in [-0.2, -0.15) is 0 Å². The van der Waals surface area contributed by atoms with Crippen LogP contribution in [0.3, 0.4) is 0 Å². The van der Waals surface area contributed by atoms with Crippen LogP contribution in [0.2, 0.25) is 0 Å². The lowest BCUT2D eigenvalue weighted by Gasteiger charge is -2.33. The minimum Gasteiger partial charge on any atom is -0.462 e. The number of aliphatic hydroxyl groups is 13. The molecule has 0 aromatic carbocycles. The Balaban J connectivity index is 2.28. The quantitative estimate of drug-likeness (QED) is 0.140. The molecule has 2 aliphatic heterocycles. The average molecular weight is 1030 g/mol. The van der Waals surface area contributed by atoms with Gasteiger partial charge in [-0.25, -0.2) is 4.79 Å². The van der Waals surface area contributed by atoms with Crippen LogP contribution in [0.4, 0.5) is 0 Å². The number of carbonyl (C=O) groups is 2. The summed E-state index contributed by atoms with van der Waals surface area (Å²) in [7, 11) is 0. The van der Waals surface area contributed by atoms with E-state index in [1.54, 1.807) is 52.0 Å². The molecule has 1 saturated heterocycles. The van der Waals surface area contributed by atoms with Crippen molar-refractivity contribution in [3.63, 3.8) is 0 Å². The van der Waals surface area contributed by atoms with Gasteiger partial charge in [0.05, 0.1) is 79.4 Å². The van der Waals surface area contributed by atoms with E-state index in [0.29, 0.717) is 43.3 Å². The molecule has 22 atom stereocenters. The van der Waals surface area contributed by atoms with Crippen LogP contribution < -0.4 is 0 Å². The van der Waals surface area contributed by atoms with Gasteiger partial charge in [-0.3, -0.25) is 4.79 Å². The molecule has 0 bridgehead atoms. The Morgan fingerprint density at radius 3 is 1.69 bits per heavy atom. The van der Waals surface area contributed by atoms with E-state index in [9.17, 15) is 76.0 Å². The van der Waals surface area contributed by atoms with Gasteiger partial charge in [-0.1, -0.05) is 97.1 Å². The molecule has 0 aromatic rings. The zero-order valence-corrected chi connectivity index (χ0v) is 44.3. The van der Waals surface area contributed by atoms with Crippen molar-refractivity contribution in [3.8, 4) is 0 Å². The fourth-order valence-corrected chi connectivity index (χ4v) is 9.41. The highest BCUT2D eigenvalue weighted by Gasteiger charge is 2.36. The molecular weight excluding hydrogens is 933 g/mol. The number of aliphatic hydroxyl groups excluding tert-OH is 13. The van der Waals surface area contributed by atoms with Crippen LogP contribution in [0.15, 0.2) is 59.8 Å². The second kappa shape index (κ2) is 32.5. The highest BCUT2D eigenvalue weighted by Crippen LogP contribution is 2.30. The lowest BCUT2D eigenvalue weighted by molar-refractivity contribution is -0.152. The van der Waals surface area contributed by atoms with E-state index in [2.05, 4.69) is 0 Å². The smallest absolute Gasteiger partial charge is 0.333 e. The van der Waals surface area contributed by atoms with E-state index in [1.807, 2.05) is 32.9 Å². The largest absolute Gasteiger partial charge is 0.462 e. The Morgan fingerprint density at radius 1 is 0.542 bits per heavy atom. The molecule has 0 spiro atoms. The molecule has 13 N–H and O–H groups in total. The number of hydrogen-bond donors (Lipinski definition) is 13. The molecule has 0 saturated carbocycles. The summed E-state index contributed by atoms with van der Waals surface area (Å²) in [6.45, 7) is 15.3. The molecular formula is C55H94O17. The molecule has 0 aromatic heterocycles. The predicted molar refractivity (Wildman–Crippen MR) is 272 cm³/mol. The van der Waals surface area contributed by atoms with Gasteiger partial charge in [0.2, 0.25) is 0 Å². The van der Waals surface area contributed by atoms with E-state index < -0.39 is 127 Å². The van der Waals surface area contributed by atoms with Gasteiger partial charge in [0.25, 0.3) is 0 Å². The van der Waals surface area contributed by atoms with Gasteiger partial charge in [0.1, 0.15) is 12.2 Å². The van der Waals surface area contributed by atoms with Crippen LogP contribution >= 0.6 is 0 Å². The van der Waals surface area contributed by atoms with E-state index >= 15 is 0 Å². The maximum absolute atomic E-state index is 13.4. The molecule has 72 heavy (non-hydrogen) atoms. The molecule has 0 amide bonds. The fraction of sp³-hybridized carbons (Fsp3) is 0.782. The van der Waals surface area contributed by atoms with Crippen LogP contribution in [0.1, 0.15) is 139 Å². The van der Waals surface area contributed by atoms with E-state index in [4.69, 9.17) is 9.47 Å². The van der Waals surface area contributed by atoms with Crippen molar-refractivity contribution >= 4 is 11.9 Å². The first-order chi connectivity index (χ1) is 33.6. The zero-order valence-electron chi connectivity index (χ0n) is 44.3. The highest BCUT2D eigenvalue weighted by atomic mass is 16.6. The van der Waals surface area contributed by atoms with Gasteiger partial charge in [0.15, 0.2) is 0 Å². The number of hydrogen-bond acceptors (Lipinski definition) is 17. The molecule has 17 nitrogen and oxygen atoms in total. The van der Waals surface area contributed by atoms with Gasteiger partial charge < -0.3 is 75.9 Å². The molecule has 2 rings (SSSR count). The Hall–Kier alpha value is -2.88. The Morgan fingerprint density at radius 2 is 1.11 bits per heavy atom. The molecule has 17 heteroatoms. The van der Waals surface area contributed by atoms with E-state index in [-0.39, 0.29) is 62.8 Å². The van der Waals surface area contributed by atoms with Crippen molar-refractivity contribution < 1.29 is 85.4 Å². The van der Waals surface area contributed by atoms with E-state index in [1.165, 1.54) is 26.0 Å². The summed E-state index contributed by atoms with van der Waals surface area (Å²) in [6, 6.07) is 0. The van der Waals surface area contributed by atoms with Crippen molar-refractivity contribution in [1.82, 2.24) is 0 Å². The number of carbonyl (C=O) groups excluding carboxylic acids is 2. The number of esters is 2. The normalized spacial score (nSPS) is 44.2. The number of cyclic esters (lactones) is 2. The summed E-state index contributed by atoms with van der Waals surface area (Å²) in [5.41, 5.74) is 0.674. The third kappa shape index (κ3) is 22.5. The summed E-state index contributed by atoms with van der Waals surface area (Å²) in [6.07, 6.45) is -2.35. The second-order valence-electron chi connectivity index (χ2n) is 21.5. The Labute approximate surface area is 428 Å². The second-order valence-corrected chi connectivity index (χ2v) is 21.5. The van der Waals surface area contributed by atoms with Crippen LogP contribution in [-0.4, -0.2) is 170 Å². The van der Waals surface area contributed by atoms with Crippen molar-refractivity contribution in [1.29, 1.82) is 0 Å². The monoisotopic (exact) mass is 1030 g/mol. The van der Waals surface area contributed by atoms with Crippen molar-refractivity contribution in [2.75, 3.05) is 0 Å². The molecule has 0 unspecified atom stereocenters. The molecule has 0 radical (unpaired) electrons. The first kappa shape index (κ1) is 65.2. The molecule has 0 aliphatic carbocycles. The first-order valence-corrected chi connectivity index (χ1v) is 26.3. The molecule has 1 fully saturated rings. The third-order valence-corrected chi connectivity index (χ3v) is 15.1. The first-order valence-electron chi connectivity index (χ1n) is 26.3. The highest BCUT2D eigenvalue weighted by molar-refractivity contribution is 5.87. The van der Waals surface area contributed by atoms with Crippen LogP contribution in [0.25, 0.3) is 0 Å². The van der Waals surface area contributed by atoms with Crippen molar-refractivity contribution in [3.05, 3.63) is 59.8 Å². The number of ether oxygens (including phenoxy) is 2. The summed E-state index contributed by atoms with van der Waals surface area (Å²) >= 11 is 0. The van der Waals surface area contributed by atoms with Crippen LogP contribution in [0, 0.1) is 41.4 Å². The zero-order chi connectivity index (χ0) is 54.6. The summed E-state index contributed by atoms with van der Waals surface area (Å²) in [5, 5.41) is 141. The number of allylic oxidation sites excluding steroid dienone is 2. The standard InChI is InChI=1S/C55H94O17/c1-30-14-10-11-18-44(61)35(6)53(68)31(2)15-12-16-33(4)55(70)72-49(38(9)50-22-23-51(66)71-50)19-13-17-39(56)25-40(57)27-45(62)36(7)54(69)37(8)46(63)28-41(58)26-42(59)29-48(65)47(64)24-34(5)52(67)32(3)20-21-43(30)60/h10,13-14,16-17,20-21,24,30-32,35-50,52-54,56-65,67-69H,11-12,15,18-19,22-23,25-29H2,1-9H3/b14-10+,17-13+,21-20+,33-16+,34-24+/t30-,31-,32-,35-,36-,37-,38-,39+,40-,41-,42-,43-,44-,45+,46-,47-,48+,49-,50+,52+,53+,54-/m0/s1. The molecule has 2 heterocycles. The lowest BCUT2D eigenvalue weighted by atomic mass is 9.82. The minimum absolute atomic E-state index is 0.145. The van der Waals surface area contributed by atoms with Gasteiger partial charge >= 0.3 is 11.9 Å². The van der Waals surface area contributed by atoms with E-state index in [0.717, 1.165) is 0 Å². The molecule has 2 aliphatic rings. The third-order valence-electron chi connectivity index (χ3n) is 15.1. The SMILES string of the molecule is C/C1=C\CC[C@H](C)[C@@H](O)[C@@H](C)[C@@H](O)CC/C=C/[C@H](C)[C@@H](O)/C=C/[C@H](C)[C@@H](O)/C(C)=C/[C@H](O)[C@H](O)C[C@@H](O)C[C@H](O)C[C@H](O)[C@H](C)[C@@H](O)[C@@H](C)[C@H](O)C[C@@H](O)C[C@H](O)/C=C/C[C@@H]([C@H](C)[C@H]2CCC(=O)O2)OC1=O. The summed E-state index contributed by atoms with van der Waals surface area (Å²) in [4.78, 5) is 25.4. The number of rotatable bonds is 2. The van der Waals surface area contributed by atoms with Crippen LogP contribution in [0.5, 0.6) is 0 Å². The Kier molecular flexibility index (Phi) is 29.5. The van der Waals surface area contributed by atoms with Gasteiger partial charge in [-0.15, -0.1) is 0 Å². The van der Waals surface area contributed by atoms with Crippen LogP contribution in [-0.2, 0) is 19.1 Å². The molecule has 416 valence electrons. The summed E-state index contributed by atoms with van der Waals surface area (Å²) < 4.78 is 11.4. The maximum atomic E-state index is 13.4. The average Bonchev–Trinajstić information content (AvgIpc) is 3.77. The van der Waals surface area contributed by atoms with Gasteiger partial charge in [0, 0.05) is 66.8 Å². The predicted octanol–water partition coefficient (Wildman–Crippen LogP) is 3.22. The summed E-state index contributed by atoms with van der Waals surface area (Å²) in [5.74, 6) is -4.56. The topological polar surface area (TPSA) is 316 Å².